The summed E-state index contributed by atoms with van der Waals surface area (Å²) in [4.78, 5) is 19.9. The average molecular weight is 321 g/mol. The minimum atomic E-state index is 0.0742. The van der Waals surface area contributed by atoms with Crippen molar-refractivity contribution in [1.82, 2.24) is 20.0 Å². The number of nitrogens with zero attached hydrogens (tertiary/aromatic N) is 4. The van der Waals surface area contributed by atoms with Crippen LogP contribution in [0, 0.1) is 5.92 Å². The molecular weight excluding hydrogens is 288 g/mol. The number of piperidine rings is 2. The number of carbonyl (C=O) groups is 1. The van der Waals surface area contributed by atoms with Crippen LogP contribution in [0.3, 0.4) is 0 Å². The lowest BCUT2D eigenvalue weighted by molar-refractivity contribution is -0.138. The van der Waals surface area contributed by atoms with Gasteiger partial charge in [0.05, 0.1) is 5.92 Å². The molecule has 2 atom stereocenters. The van der Waals surface area contributed by atoms with Crippen LogP contribution in [0.5, 0.6) is 0 Å². The third-order valence-electron chi connectivity index (χ3n) is 6.07. The third kappa shape index (κ3) is 4.25. The van der Waals surface area contributed by atoms with Gasteiger partial charge in [-0.2, -0.15) is 0 Å². The standard InChI is InChI=1S/C18H33N4O/c1-15(17-5-3-4-8-19-17)18(23)22-13-11-21(12-14-22)16-6-9-20(2)10-7-16/h15-17H,3-14H2,1-2H3. The summed E-state index contributed by atoms with van der Waals surface area (Å²) in [6.45, 7) is 9.37. The molecule has 3 heterocycles. The van der Waals surface area contributed by atoms with Crippen molar-refractivity contribution in [2.75, 3.05) is 52.9 Å². The fraction of sp³-hybridized carbons (Fsp3) is 0.944. The van der Waals surface area contributed by atoms with E-state index in [1.807, 2.05) is 0 Å². The molecule has 5 heteroatoms. The van der Waals surface area contributed by atoms with E-state index in [1.54, 1.807) is 0 Å². The Morgan fingerprint density at radius 1 is 1.00 bits per heavy atom. The number of hydrogen-bond donors (Lipinski definition) is 0. The molecule has 0 bridgehead atoms. The second-order valence-electron chi connectivity index (χ2n) is 7.65. The molecule has 3 saturated heterocycles. The molecule has 3 fully saturated rings. The number of piperazine rings is 1. The van der Waals surface area contributed by atoms with Gasteiger partial charge in [-0.05, 0) is 45.8 Å². The maximum atomic E-state index is 12.8. The van der Waals surface area contributed by atoms with Gasteiger partial charge in [-0.15, -0.1) is 0 Å². The Balaban J connectivity index is 1.45. The molecule has 0 aromatic heterocycles. The molecule has 5 nitrogen and oxygen atoms in total. The normalized spacial score (nSPS) is 30.3. The topological polar surface area (TPSA) is 40.9 Å². The Labute approximate surface area is 141 Å². The smallest absolute Gasteiger partial charge is 0.227 e. The van der Waals surface area contributed by atoms with Gasteiger partial charge in [0.15, 0.2) is 0 Å². The second-order valence-corrected chi connectivity index (χ2v) is 7.65. The van der Waals surface area contributed by atoms with Crippen molar-refractivity contribution in [2.45, 2.75) is 51.1 Å². The average Bonchev–Trinajstić information content (AvgIpc) is 2.62. The highest BCUT2D eigenvalue weighted by Crippen LogP contribution is 2.21. The lowest BCUT2D eigenvalue weighted by atomic mass is 9.92. The molecule has 1 radical (unpaired) electrons. The maximum absolute atomic E-state index is 12.8. The first-order valence-electron chi connectivity index (χ1n) is 9.53. The number of carbonyl (C=O) groups excluding carboxylic acids is 1. The van der Waals surface area contributed by atoms with E-state index in [0.717, 1.165) is 45.2 Å². The minimum absolute atomic E-state index is 0.0742. The van der Waals surface area contributed by atoms with Crippen LogP contribution in [0.1, 0.15) is 39.0 Å². The summed E-state index contributed by atoms with van der Waals surface area (Å²) < 4.78 is 0. The zero-order valence-corrected chi connectivity index (χ0v) is 14.9. The first-order chi connectivity index (χ1) is 11.1. The van der Waals surface area contributed by atoms with Gasteiger partial charge in [0.1, 0.15) is 0 Å². The van der Waals surface area contributed by atoms with Crippen molar-refractivity contribution in [3.8, 4) is 0 Å². The van der Waals surface area contributed by atoms with Crippen LogP contribution in [-0.4, -0.2) is 85.6 Å². The van der Waals surface area contributed by atoms with E-state index < -0.39 is 0 Å². The molecule has 3 aliphatic rings. The van der Waals surface area contributed by atoms with Crippen LogP contribution in [0.4, 0.5) is 0 Å². The Kier molecular flexibility index (Phi) is 5.94. The Morgan fingerprint density at radius 2 is 1.70 bits per heavy atom. The Hall–Kier alpha value is -0.650. The predicted molar refractivity (Wildman–Crippen MR) is 92.5 cm³/mol. The van der Waals surface area contributed by atoms with E-state index in [0.29, 0.717) is 5.91 Å². The van der Waals surface area contributed by atoms with E-state index in [9.17, 15) is 4.79 Å². The number of hydrogen-bond acceptors (Lipinski definition) is 3. The van der Waals surface area contributed by atoms with Crippen LogP contribution < -0.4 is 5.32 Å². The molecule has 0 aromatic carbocycles. The quantitative estimate of drug-likeness (QED) is 0.779. The summed E-state index contributed by atoms with van der Waals surface area (Å²) >= 11 is 0. The molecule has 1 amide bonds. The van der Waals surface area contributed by atoms with Gasteiger partial charge in [0.2, 0.25) is 5.91 Å². The molecule has 3 aliphatic heterocycles. The van der Waals surface area contributed by atoms with Crippen LogP contribution in [0.2, 0.25) is 0 Å². The lowest BCUT2D eigenvalue weighted by Gasteiger charge is -2.43. The SMILES string of the molecule is CC(C(=O)N1CCN(C2CCN(C)CC2)CC1)C1CCCC[N]1. The van der Waals surface area contributed by atoms with Crippen molar-refractivity contribution in [3.63, 3.8) is 0 Å². The fourth-order valence-corrected chi connectivity index (χ4v) is 4.34. The number of rotatable bonds is 3. The van der Waals surface area contributed by atoms with E-state index in [4.69, 9.17) is 0 Å². The highest BCUT2D eigenvalue weighted by Gasteiger charge is 2.33. The maximum Gasteiger partial charge on any atom is 0.227 e. The number of amides is 1. The van der Waals surface area contributed by atoms with Crippen molar-refractivity contribution in [1.29, 1.82) is 0 Å². The van der Waals surface area contributed by atoms with Gasteiger partial charge in [0.25, 0.3) is 0 Å². The predicted octanol–water partition coefficient (Wildman–Crippen LogP) is 1.02. The monoisotopic (exact) mass is 321 g/mol. The van der Waals surface area contributed by atoms with E-state index in [2.05, 4.69) is 34.0 Å². The van der Waals surface area contributed by atoms with Crippen LogP contribution >= 0.6 is 0 Å². The Bertz CT molecular complexity index is 380. The van der Waals surface area contributed by atoms with Crippen molar-refractivity contribution in [3.05, 3.63) is 0 Å². The number of likely N-dealkylation sites (tertiary alicyclic amines) is 1. The third-order valence-corrected chi connectivity index (χ3v) is 6.07. The molecule has 0 N–H and O–H groups in total. The van der Waals surface area contributed by atoms with Crippen molar-refractivity contribution < 1.29 is 4.79 Å². The summed E-state index contributed by atoms with van der Waals surface area (Å²) in [6.07, 6.45) is 6.09. The van der Waals surface area contributed by atoms with E-state index >= 15 is 0 Å². The molecule has 0 saturated carbocycles. The van der Waals surface area contributed by atoms with Gasteiger partial charge in [-0.1, -0.05) is 13.3 Å². The summed E-state index contributed by atoms with van der Waals surface area (Å²) in [6, 6.07) is 0.998. The molecule has 0 aromatic rings. The van der Waals surface area contributed by atoms with Gasteiger partial charge < -0.3 is 9.80 Å². The summed E-state index contributed by atoms with van der Waals surface area (Å²) in [5, 5.41) is 4.68. The van der Waals surface area contributed by atoms with Gasteiger partial charge in [-0.3, -0.25) is 9.69 Å². The molecule has 23 heavy (non-hydrogen) atoms. The first kappa shape index (κ1) is 17.2. The summed E-state index contributed by atoms with van der Waals surface area (Å²) in [5.74, 6) is 0.411. The zero-order chi connectivity index (χ0) is 16.2. The Morgan fingerprint density at radius 3 is 2.30 bits per heavy atom. The first-order valence-corrected chi connectivity index (χ1v) is 9.53. The fourth-order valence-electron chi connectivity index (χ4n) is 4.34. The molecule has 131 valence electrons. The zero-order valence-electron chi connectivity index (χ0n) is 14.9. The second kappa shape index (κ2) is 7.95. The molecule has 0 spiro atoms. The molecule has 0 aliphatic carbocycles. The summed E-state index contributed by atoms with van der Waals surface area (Å²) in [7, 11) is 2.21. The van der Waals surface area contributed by atoms with Crippen LogP contribution in [0.25, 0.3) is 0 Å². The summed E-state index contributed by atoms with van der Waals surface area (Å²) in [5.41, 5.74) is 0. The van der Waals surface area contributed by atoms with E-state index in [1.165, 1.54) is 38.8 Å². The lowest BCUT2D eigenvalue weighted by Crippen LogP contribution is -2.55. The highest BCUT2D eigenvalue weighted by atomic mass is 16.2. The largest absolute Gasteiger partial charge is 0.340 e. The van der Waals surface area contributed by atoms with Gasteiger partial charge in [-0.25, -0.2) is 5.32 Å². The van der Waals surface area contributed by atoms with Gasteiger partial charge in [0, 0.05) is 44.8 Å². The minimum Gasteiger partial charge on any atom is -0.340 e. The molecule has 3 rings (SSSR count). The molecular formula is C18H33N4O. The van der Waals surface area contributed by atoms with Crippen LogP contribution in [0.15, 0.2) is 0 Å². The molecule has 2 unspecified atom stereocenters. The van der Waals surface area contributed by atoms with Crippen molar-refractivity contribution in [2.24, 2.45) is 5.92 Å². The highest BCUT2D eigenvalue weighted by molar-refractivity contribution is 5.79. The van der Waals surface area contributed by atoms with Crippen LogP contribution in [-0.2, 0) is 4.79 Å². The van der Waals surface area contributed by atoms with E-state index in [-0.39, 0.29) is 12.0 Å². The van der Waals surface area contributed by atoms with Gasteiger partial charge >= 0.3 is 0 Å². The van der Waals surface area contributed by atoms with Crippen molar-refractivity contribution >= 4 is 5.91 Å².